The number of hydrogen-bond acceptors (Lipinski definition) is 3. The van der Waals surface area contributed by atoms with E-state index in [1.165, 1.54) is 0 Å². The van der Waals surface area contributed by atoms with Gasteiger partial charge >= 0.3 is 6.18 Å². The van der Waals surface area contributed by atoms with Crippen LogP contribution in [0.1, 0.15) is 39.5 Å². The van der Waals surface area contributed by atoms with Crippen molar-refractivity contribution in [3.8, 4) is 0 Å². The van der Waals surface area contributed by atoms with E-state index in [0.29, 0.717) is 41.9 Å². The highest BCUT2D eigenvalue weighted by atomic mass is 19.4. The van der Waals surface area contributed by atoms with Crippen molar-refractivity contribution in [1.82, 2.24) is 4.90 Å². The lowest BCUT2D eigenvalue weighted by atomic mass is 9.93. The topological polar surface area (TPSA) is 69.6 Å². The molecule has 0 saturated heterocycles. The van der Waals surface area contributed by atoms with Crippen molar-refractivity contribution in [2.45, 2.75) is 38.9 Å². The highest BCUT2D eigenvalue weighted by molar-refractivity contribution is 6.01. The molecule has 2 aromatic carbocycles. The maximum Gasteiger partial charge on any atom is 0.419 e. The van der Waals surface area contributed by atoms with E-state index in [1.807, 2.05) is 0 Å². The van der Waals surface area contributed by atoms with Gasteiger partial charge in [-0.1, -0.05) is 12.1 Å². The smallest absolute Gasteiger partial charge is 0.394 e. The van der Waals surface area contributed by atoms with Gasteiger partial charge in [-0.3, -0.25) is 9.59 Å². The lowest BCUT2D eigenvalue weighted by Gasteiger charge is -2.34. The molecule has 1 aliphatic rings. The van der Waals surface area contributed by atoms with E-state index in [1.54, 1.807) is 30.9 Å². The van der Waals surface area contributed by atoms with Gasteiger partial charge in [0.2, 0.25) is 5.91 Å². The van der Waals surface area contributed by atoms with Crippen molar-refractivity contribution in [3.63, 3.8) is 0 Å². The summed E-state index contributed by atoms with van der Waals surface area (Å²) in [5, 5.41) is 12.1. The Kier molecular flexibility index (Phi) is 6.35. The monoisotopic (exact) mass is 438 g/mol. The number of rotatable bonds is 5. The van der Waals surface area contributed by atoms with Crippen molar-refractivity contribution >= 4 is 17.5 Å². The van der Waals surface area contributed by atoms with Crippen LogP contribution < -0.4 is 5.32 Å². The van der Waals surface area contributed by atoms with Crippen LogP contribution in [0.25, 0.3) is 0 Å². The van der Waals surface area contributed by atoms with Gasteiger partial charge in [-0.05, 0) is 55.2 Å². The number of aryl methyl sites for hydroxylation is 1. The molecular formula is C22H22F4N2O3. The number of fused-ring (bicyclic) bond motifs is 1. The zero-order valence-corrected chi connectivity index (χ0v) is 17.0. The summed E-state index contributed by atoms with van der Waals surface area (Å²) in [4.78, 5) is 26.9. The number of hydrogen-bond donors (Lipinski definition) is 2. The first kappa shape index (κ1) is 22.7. The molecular weight excluding hydrogens is 416 g/mol. The summed E-state index contributed by atoms with van der Waals surface area (Å²) in [7, 11) is 0. The normalized spacial score (nSPS) is 14.9. The molecule has 1 atom stereocenters. The number of halogens is 4. The largest absolute Gasteiger partial charge is 0.419 e. The minimum absolute atomic E-state index is 0.101. The Morgan fingerprint density at radius 3 is 2.58 bits per heavy atom. The number of nitrogens with zero attached hydrogens (tertiary/aromatic N) is 1. The van der Waals surface area contributed by atoms with Gasteiger partial charge in [0.15, 0.2) is 0 Å². The Balaban J connectivity index is 1.81. The zero-order valence-electron chi connectivity index (χ0n) is 17.0. The van der Waals surface area contributed by atoms with E-state index >= 15 is 0 Å². The number of aliphatic hydroxyl groups excluding tert-OH is 1. The van der Waals surface area contributed by atoms with Gasteiger partial charge < -0.3 is 15.3 Å². The third-order valence-electron chi connectivity index (χ3n) is 5.38. The van der Waals surface area contributed by atoms with E-state index in [-0.39, 0.29) is 30.5 Å². The minimum atomic E-state index is -4.81. The third-order valence-corrected chi connectivity index (χ3v) is 5.38. The van der Waals surface area contributed by atoms with Crippen LogP contribution in [0.5, 0.6) is 0 Å². The van der Waals surface area contributed by atoms with Gasteiger partial charge in [0.05, 0.1) is 24.6 Å². The lowest BCUT2D eigenvalue weighted by Crippen LogP contribution is -2.45. The zero-order chi connectivity index (χ0) is 22.9. The van der Waals surface area contributed by atoms with Crippen molar-refractivity contribution < 1.29 is 32.3 Å². The Labute approximate surface area is 176 Å². The lowest BCUT2D eigenvalue weighted by molar-refractivity contribution is -0.140. The molecule has 0 radical (unpaired) electrons. The van der Waals surface area contributed by atoms with E-state index in [0.717, 1.165) is 11.6 Å². The summed E-state index contributed by atoms with van der Waals surface area (Å²) in [5.74, 6) is -2.22. The van der Waals surface area contributed by atoms with Crippen molar-refractivity contribution in [3.05, 3.63) is 64.0 Å². The minimum Gasteiger partial charge on any atom is -0.394 e. The Hall–Kier alpha value is -2.94. The fourth-order valence-electron chi connectivity index (χ4n) is 3.67. The molecule has 0 aliphatic carbocycles. The van der Waals surface area contributed by atoms with Gasteiger partial charge in [0.25, 0.3) is 5.91 Å². The summed E-state index contributed by atoms with van der Waals surface area (Å²) in [5.41, 5.74) is 1.00. The van der Waals surface area contributed by atoms with Gasteiger partial charge in [-0.2, -0.15) is 13.2 Å². The molecule has 31 heavy (non-hydrogen) atoms. The number of carbonyl (C=O) groups excluding carboxylic acids is 2. The van der Waals surface area contributed by atoms with Gasteiger partial charge in [0.1, 0.15) is 5.82 Å². The second kappa shape index (κ2) is 8.66. The summed E-state index contributed by atoms with van der Waals surface area (Å²) >= 11 is 0. The average molecular weight is 438 g/mol. The van der Waals surface area contributed by atoms with Crippen LogP contribution in [0.2, 0.25) is 0 Å². The number of aliphatic hydroxyl groups is 1. The molecule has 0 fully saturated rings. The maximum atomic E-state index is 13.8. The highest BCUT2D eigenvalue weighted by Crippen LogP contribution is 2.32. The first-order chi connectivity index (χ1) is 14.5. The molecule has 2 amide bonds. The van der Waals surface area contributed by atoms with Crippen LogP contribution >= 0.6 is 0 Å². The maximum absolute atomic E-state index is 13.8. The second-order valence-electron chi connectivity index (χ2n) is 7.60. The fourth-order valence-corrected chi connectivity index (χ4v) is 3.67. The van der Waals surface area contributed by atoms with Gasteiger partial charge in [-0.15, -0.1) is 0 Å². The summed E-state index contributed by atoms with van der Waals surface area (Å²) in [6, 6.07) is 5.41. The predicted molar refractivity (Wildman–Crippen MR) is 106 cm³/mol. The second-order valence-corrected chi connectivity index (χ2v) is 7.60. The number of amides is 2. The van der Waals surface area contributed by atoms with Gasteiger partial charge in [0, 0.05) is 17.8 Å². The summed E-state index contributed by atoms with van der Waals surface area (Å²) < 4.78 is 51.9. The molecule has 5 nitrogen and oxygen atoms in total. The number of anilines is 1. The van der Waals surface area contributed by atoms with E-state index in [9.17, 15) is 32.3 Å². The highest BCUT2D eigenvalue weighted by Gasteiger charge is 2.34. The summed E-state index contributed by atoms with van der Waals surface area (Å²) in [6.45, 7) is 3.72. The molecule has 0 spiro atoms. The van der Waals surface area contributed by atoms with Crippen LogP contribution in [-0.4, -0.2) is 41.0 Å². The molecule has 1 heterocycles. The molecule has 0 saturated carbocycles. The molecule has 3 rings (SSSR count). The molecule has 0 bridgehead atoms. The van der Waals surface area contributed by atoms with Gasteiger partial charge in [-0.25, -0.2) is 4.39 Å². The average Bonchev–Trinajstić information content (AvgIpc) is 2.69. The molecule has 166 valence electrons. The first-order valence-electron chi connectivity index (χ1n) is 9.72. The number of carbonyl (C=O) groups is 2. The Morgan fingerprint density at radius 1 is 1.26 bits per heavy atom. The van der Waals surface area contributed by atoms with E-state index < -0.39 is 23.5 Å². The SMILES string of the molecule is Cc1ccc2c(c1NC(=O)Cc1ccc(C(F)(F)F)c(F)c1)CCN([C@H](C)CO)C2=O. The Morgan fingerprint density at radius 2 is 1.97 bits per heavy atom. The standard InChI is InChI=1S/C22H22F4N2O3/c1-12-3-5-16-15(7-8-28(21(16)31)13(2)11-29)20(12)27-19(30)10-14-4-6-17(18(23)9-14)22(24,25)26/h3-6,9,13,29H,7-8,10-11H2,1-2H3,(H,27,30)/t13-/m1/s1. The van der Waals surface area contributed by atoms with E-state index in [4.69, 9.17) is 0 Å². The summed E-state index contributed by atoms with van der Waals surface area (Å²) in [6.07, 6.45) is -4.66. The van der Waals surface area contributed by atoms with Crippen molar-refractivity contribution in [1.29, 1.82) is 0 Å². The number of benzene rings is 2. The van der Waals surface area contributed by atoms with Crippen LogP contribution in [0, 0.1) is 12.7 Å². The number of nitrogens with one attached hydrogen (secondary N) is 1. The van der Waals surface area contributed by atoms with Crippen LogP contribution in [0.15, 0.2) is 30.3 Å². The molecule has 0 aromatic heterocycles. The molecule has 2 N–H and O–H groups in total. The number of alkyl halides is 3. The third kappa shape index (κ3) is 4.71. The molecule has 9 heteroatoms. The van der Waals surface area contributed by atoms with Crippen molar-refractivity contribution in [2.75, 3.05) is 18.5 Å². The molecule has 2 aromatic rings. The predicted octanol–water partition coefficient (Wildman–Crippen LogP) is 3.71. The van der Waals surface area contributed by atoms with Crippen molar-refractivity contribution in [2.24, 2.45) is 0 Å². The molecule has 1 aliphatic heterocycles. The molecule has 0 unspecified atom stereocenters. The first-order valence-corrected chi connectivity index (χ1v) is 9.72. The Bertz CT molecular complexity index is 1020. The van der Waals surface area contributed by atoms with Crippen LogP contribution in [0.3, 0.4) is 0 Å². The van der Waals surface area contributed by atoms with Crippen LogP contribution in [0.4, 0.5) is 23.2 Å². The van der Waals surface area contributed by atoms with E-state index in [2.05, 4.69) is 5.32 Å². The van der Waals surface area contributed by atoms with Crippen LogP contribution in [-0.2, 0) is 23.8 Å². The quantitative estimate of drug-likeness (QED) is 0.700. The fraction of sp³-hybridized carbons (Fsp3) is 0.364.